The molecule has 6 atom stereocenters. The summed E-state index contributed by atoms with van der Waals surface area (Å²) < 4.78 is 53.5. The van der Waals surface area contributed by atoms with E-state index in [2.05, 4.69) is 13.8 Å². The van der Waals surface area contributed by atoms with Crippen LogP contribution in [0, 0.1) is 0 Å². The largest absolute Gasteiger partial charge is 0.462 e. The lowest BCUT2D eigenvalue weighted by atomic mass is 10.00. The Morgan fingerprint density at radius 2 is 1.11 bits per heavy atom. The predicted octanol–water partition coefficient (Wildman–Crippen LogP) is 5.00. The van der Waals surface area contributed by atoms with Gasteiger partial charge in [0, 0.05) is 12.8 Å². The van der Waals surface area contributed by atoms with Crippen molar-refractivity contribution in [1.82, 2.24) is 0 Å². The van der Waals surface area contributed by atoms with E-state index in [9.17, 15) is 33.3 Å². The molecule has 12 nitrogen and oxygen atoms in total. The maximum Gasteiger partial charge on any atom is 0.306 e. The highest BCUT2D eigenvalue weighted by Gasteiger charge is 2.46. The first-order valence-electron chi connectivity index (χ1n) is 17.6. The number of hydrogen-bond donors (Lipinski definition) is 4. The van der Waals surface area contributed by atoms with Gasteiger partial charge in [-0.2, -0.15) is 8.42 Å². The van der Waals surface area contributed by atoms with Gasteiger partial charge in [-0.25, -0.2) is 0 Å². The second-order valence-electron chi connectivity index (χ2n) is 12.5. The first-order chi connectivity index (χ1) is 22.0. The highest BCUT2D eigenvalue weighted by atomic mass is 32.2. The lowest BCUT2D eigenvalue weighted by Crippen LogP contribution is -2.60. The molecule has 4 N–H and O–H groups in total. The Kier molecular flexibility index (Phi) is 23.8. The van der Waals surface area contributed by atoms with Crippen molar-refractivity contribution in [2.45, 2.75) is 179 Å². The van der Waals surface area contributed by atoms with Gasteiger partial charge in [-0.1, -0.05) is 117 Å². The van der Waals surface area contributed by atoms with Crippen molar-refractivity contribution < 1.29 is 56.8 Å². The zero-order valence-electron chi connectivity index (χ0n) is 28.2. The van der Waals surface area contributed by atoms with E-state index >= 15 is 0 Å². The van der Waals surface area contributed by atoms with Gasteiger partial charge in [0.05, 0.1) is 6.61 Å². The standard InChI is InChI=1S/C33H62O12S/c1-3-5-7-9-11-13-15-17-19-21-28(34)42-23-26(44-29(35)22-20-18-16-14-12-10-8-6-4-2)24-43-33-32(38)31(37)30(36)27(45-33)25-46(39,40)41/h26-27,30-33,36-38H,3-25H2,1-2H3,(H,39,40,41)/t26?,27-,30-,31+,32-,33+/m1/s1. The van der Waals surface area contributed by atoms with Crippen LogP contribution in [0.4, 0.5) is 0 Å². The summed E-state index contributed by atoms with van der Waals surface area (Å²) in [6.07, 6.45) is 10.5. The molecule has 13 heteroatoms. The second-order valence-corrected chi connectivity index (χ2v) is 14.0. The van der Waals surface area contributed by atoms with Crippen LogP contribution in [0.2, 0.25) is 0 Å². The fourth-order valence-corrected chi connectivity index (χ4v) is 6.07. The van der Waals surface area contributed by atoms with Gasteiger partial charge in [-0.15, -0.1) is 0 Å². The molecule has 0 amide bonds. The smallest absolute Gasteiger partial charge is 0.306 e. The third-order valence-electron chi connectivity index (χ3n) is 8.19. The van der Waals surface area contributed by atoms with Crippen LogP contribution < -0.4 is 0 Å². The van der Waals surface area contributed by atoms with Crippen molar-refractivity contribution >= 4 is 22.1 Å². The molecular weight excluding hydrogens is 620 g/mol. The van der Waals surface area contributed by atoms with Gasteiger partial charge in [0.25, 0.3) is 10.1 Å². The summed E-state index contributed by atoms with van der Waals surface area (Å²) in [5, 5.41) is 30.6. The number of esters is 2. The minimum Gasteiger partial charge on any atom is -0.462 e. The highest BCUT2D eigenvalue weighted by molar-refractivity contribution is 7.85. The van der Waals surface area contributed by atoms with Gasteiger partial charge in [-0.3, -0.25) is 14.1 Å². The Labute approximate surface area is 276 Å². The number of hydrogen-bond acceptors (Lipinski definition) is 11. The molecule has 1 aliphatic heterocycles. The summed E-state index contributed by atoms with van der Waals surface area (Å²) in [5.41, 5.74) is 0. The van der Waals surface area contributed by atoms with Crippen molar-refractivity contribution in [2.24, 2.45) is 0 Å². The molecule has 0 aromatic carbocycles. The van der Waals surface area contributed by atoms with Crippen LogP contribution in [-0.2, 0) is 38.7 Å². The summed E-state index contributed by atoms with van der Waals surface area (Å²) in [4.78, 5) is 25.0. The zero-order chi connectivity index (χ0) is 34.2. The first-order valence-corrected chi connectivity index (χ1v) is 19.2. The Balaban J connectivity index is 2.58. The van der Waals surface area contributed by atoms with Gasteiger partial charge in [0.2, 0.25) is 0 Å². The molecular formula is C33H62O12S. The van der Waals surface area contributed by atoms with Crippen molar-refractivity contribution in [1.29, 1.82) is 0 Å². The molecule has 1 unspecified atom stereocenters. The van der Waals surface area contributed by atoms with Crippen LogP contribution in [-0.4, -0.2) is 96.0 Å². The number of unbranched alkanes of at least 4 members (excludes halogenated alkanes) is 16. The van der Waals surface area contributed by atoms with Crippen molar-refractivity contribution in [2.75, 3.05) is 19.0 Å². The summed E-state index contributed by atoms with van der Waals surface area (Å²) in [7, 11) is -4.59. The van der Waals surface area contributed by atoms with E-state index in [1.165, 1.54) is 64.2 Å². The number of aliphatic hydroxyl groups excluding tert-OH is 3. The molecule has 1 rings (SSSR count). The molecule has 0 radical (unpaired) electrons. The molecule has 46 heavy (non-hydrogen) atoms. The molecule has 1 saturated heterocycles. The maximum atomic E-state index is 12.6. The Morgan fingerprint density at radius 1 is 0.652 bits per heavy atom. The number of carbonyl (C=O) groups excluding carboxylic acids is 2. The third kappa shape index (κ3) is 20.8. The van der Waals surface area contributed by atoms with Crippen LogP contribution in [0.3, 0.4) is 0 Å². The van der Waals surface area contributed by atoms with E-state index in [1.807, 2.05) is 0 Å². The van der Waals surface area contributed by atoms with E-state index in [-0.39, 0.29) is 19.4 Å². The van der Waals surface area contributed by atoms with Crippen molar-refractivity contribution in [3.63, 3.8) is 0 Å². The maximum absolute atomic E-state index is 12.6. The van der Waals surface area contributed by atoms with Gasteiger partial charge >= 0.3 is 11.9 Å². The van der Waals surface area contributed by atoms with Crippen molar-refractivity contribution in [3.05, 3.63) is 0 Å². The van der Waals surface area contributed by atoms with E-state index in [0.717, 1.165) is 38.5 Å². The van der Waals surface area contributed by atoms with E-state index in [1.54, 1.807) is 0 Å². The predicted molar refractivity (Wildman–Crippen MR) is 174 cm³/mol. The van der Waals surface area contributed by atoms with E-state index in [4.69, 9.17) is 23.5 Å². The van der Waals surface area contributed by atoms with Crippen LogP contribution in [0.1, 0.15) is 142 Å². The third-order valence-corrected chi connectivity index (χ3v) is 8.94. The van der Waals surface area contributed by atoms with Crippen LogP contribution >= 0.6 is 0 Å². The average Bonchev–Trinajstić information content (AvgIpc) is 3.00. The summed E-state index contributed by atoms with van der Waals surface area (Å²) >= 11 is 0. The van der Waals surface area contributed by atoms with Crippen molar-refractivity contribution in [3.8, 4) is 0 Å². The topological polar surface area (TPSA) is 186 Å². The second kappa shape index (κ2) is 25.6. The number of rotatable bonds is 28. The molecule has 0 saturated carbocycles. The average molecular weight is 683 g/mol. The summed E-state index contributed by atoms with van der Waals surface area (Å²) in [6, 6.07) is 0. The molecule has 0 aromatic heterocycles. The lowest BCUT2D eigenvalue weighted by molar-refractivity contribution is -0.297. The molecule has 0 bridgehead atoms. The Hall–Kier alpha value is -1.35. The molecule has 1 aliphatic rings. The summed E-state index contributed by atoms with van der Waals surface area (Å²) in [5.74, 6) is -1.98. The number of aliphatic hydroxyl groups is 3. The van der Waals surface area contributed by atoms with Gasteiger partial charge in [0.15, 0.2) is 12.4 Å². The summed E-state index contributed by atoms with van der Waals surface area (Å²) in [6.45, 7) is 3.67. The molecule has 0 aliphatic carbocycles. The highest BCUT2D eigenvalue weighted by Crippen LogP contribution is 2.24. The normalized spacial score (nSPS) is 22.4. The molecule has 1 heterocycles. The Bertz CT molecular complexity index is 899. The fraction of sp³-hybridized carbons (Fsp3) is 0.939. The molecule has 1 fully saturated rings. The quantitative estimate of drug-likeness (QED) is 0.0493. The Morgan fingerprint density at radius 3 is 1.59 bits per heavy atom. The number of carbonyl (C=O) groups is 2. The van der Waals surface area contributed by atoms with Crippen LogP contribution in [0.25, 0.3) is 0 Å². The minimum absolute atomic E-state index is 0.169. The monoisotopic (exact) mass is 682 g/mol. The van der Waals surface area contributed by atoms with Gasteiger partial charge < -0.3 is 34.3 Å². The fourth-order valence-electron chi connectivity index (χ4n) is 5.38. The van der Waals surface area contributed by atoms with E-state index in [0.29, 0.717) is 12.8 Å². The lowest BCUT2D eigenvalue weighted by Gasteiger charge is -2.40. The van der Waals surface area contributed by atoms with E-state index < -0.39 is 71.2 Å². The minimum atomic E-state index is -4.59. The van der Waals surface area contributed by atoms with Gasteiger partial charge in [0.1, 0.15) is 36.8 Å². The zero-order valence-corrected chi connectivity index (χ0v) is 29.0. The molecule has 272 valence electrons. The molecule has 0 spiro atoms. The first kappa shape index (κ1) is 42.7. The van der Waals surface area contributed by atoms with Crippen LogP contribution in [0.15, 0.2) is 0 Å². The molecule has 0 aromatic rings. The van der Waals surface area contributed by atoms with Crippen LogP contribution in [0.5, 0.6) is 0 Å². The van der Waals surface area contributed by atoms with Gasteiger partial charge in [-0.05, 0) is 12.8 Å². The number of ether oxygens (including phenoxy) is 4. The SMILES string of the molecule is CCCCCCCCCCCC(=O)OCC(CO[C@H]1O[C@H](CS(=O)(=O)O)[C@@H](O)[C@H](O)[C@H]1O)OC(=O)CCCCCCCCCCC.